The highest BCUT2D eigenvalue weighted by Crippen LogP contribution is 2.30. The molecule has 0 N–H and O–H groups in total. The van der Waals surface area contributed by atoms with Crippen molar-refractivity contribution in [3.63, 3.8) is 0 Å². The second-order valence-electron chi connectivity index (χ2n) is 7.60. The molecule has 1 aromatic carbocycles. The third kappa shape index (κ3) is 3.29. The van der Waals surface area contributed by atoms with Crippen LogP contribution in [0, 0.1) is 5.92 Å². The molecule has 0 aliphatic carbocycles. The molecular formula is C20H25N5O2. The molecule has 5 rings (SSSR count). The predicted octanol–water partition coefficient (Wildman–Crippen LogP) is 2.09. The highest BCUT2D eigenvalue weighted by molar-refractivity contribution is 5.98. The number of piperidine rings is 1. The molecule has 1 aromatic heterocycles. The predicted molar refractivity (Wildman–Crippen MR) is 102 cm³/mol. The van der Waals surface area contributed by atoms with Gasteiger partial charge in [-0.3, -0.25) is 4.79 Å². The smallest absolute Gasteiger partial charge is 0.319 e. The fourth-order valence-electron chi connectivity index (χ4n) is 4.19. The third-order valence-corrected chi connectivity index (χ3v) is 5.51. The van der Waals surface area contributed by atoms with E-state index in [0.29, 0.717) is 24.6 Å². The van der Waals surface area contributed by atoms with Crippen LogP contribution in [0.5, 0.6) is 0 Å². The second kappa shape index (κ2) is 7.06. The van der Waals surface area contributed by atoms with Crippen molar-refractivity contribution in [3.8, 4) is 5.69 Å². The Balaban J connectivity index is 1.62. The number of hydrogen-bond donors (Lipinski definition) is 0. The van der Waals surface area contributed by atoms with E-state index in [4.69, 9.17) is 0 Å². The van der Waals surface area contributed by atoms with E-state index in [-0.39, 0.29) is 18.0 Å². The van der Waals surface area contributed by atoms with Gasteiger partial charge in [-0.25, -0.2) is 9.48 Å². The molecule has 7 nitrogen and oxygen atoms in total. The summed E-state index contributed by atoms with van der Waals surface area (Å²) >= 11 is 0. The summed E-state index contributed by atoms with van der Waals surface area (Å²) in [6.07, 6.45) is 5.56. The number of urea groups is 1. The van der Waals surface area contributed by atoms with E-state index in [2.05, 4.69) is 5.10 Å². The summed E-state index contributed by atoms with van der Waals surface area (Å²) in [7, 11) is 3.55. The fourth-order valence-corrected chi connectivity index (χ4v) is 4.19. The third-order valence-electron chi connectivity index (χ3n) is 5.51. The van der Waals surface area contributed by atoms with E-state index in [9.17, 15) is 9.59 Å². The molecule has 7 heteroatoms. The number of fused-ring (bicyclic) bond motifs is 4. The van der Waals surface area contributed by atoms with Crippen LogP contribution >= 0.6 is 0 Å². The molecule has 3 saturated heterocycles. The van der Waals surface area contributed by atoms with Gasteiger partial charge in [0.2, 0.25) is 0 Å². The van der Waals surface area contributed by atoms with Crippen LogP contribution in [0.4, 0.5) is 4.79 Å². The zero-order valence-electron chi connectivity index (χ0n) is 15.8. The van der Waals surface area contributed by atoms with Gasteiger partial charge in [-0.1, -0.05) is 12.1 Å². The van der Waals surface area contributed by atoms with E-state index in [1.54, 1.807) is 29.9 Å². The number of amides is 3. The number of rotatable bonds is 2. The maximum Gasteiger partial charge on any atom is 0.319 e. The average molecular weight is 367 g/mol. The molecular weight excluding hydrogens is 342 g/mol. The van der Waals surface area contributed by atoms with Gasteiger partial charge in [0, 0.05) is 52.2 Å². The molecule has 2 aromatic rings. The molecule has 3 fully saturated rings. The minimum Gasteiger partial charge on any atom is -0.333 e. The molecule has 3 aliphatic heterocycles. The van der Waals surface area contributed by atoms with Crippen molar-refractivity contribution in [2.45, 2.75) is 18.9 Å². The van der Waals surface area contributed by atoms with Gasteiger partial charge < -0.3 is 14.7 Å². The van der Waals surface area contributed by atoms with Gasteiger partial charge in [-0.15, -0.1) is 0 Å². The Kier molecular flexibility index (Phi) is 4.59. The van der Waals surface area contributed by atoms with Crippen molar-refractivity contribution < 1.29 is 9.59 Å². The van der Waals surface area contributed by atoms with Crippen LogP contribution < -0.4 is 0 Å². The number of para-hydroxylation sites is 1. The molecule has 0 saturated carbocycles. The van der Waals surface area contributed by atoms with Crippen molar-refractivity contribution in [1.82, 2.24) is 24.5 Å². The van der Waals surface area contributed by atoms with E-state index in [0.717, 1.165) is 25.1 Å². The van der Waals surface area contributed by atoms with Crippen LogP contribution in [-0.2, 0) is 0 Å². The Hall–Kier alpha value is -2.83. The number of aromatic nitrogens is 2. The van der Waals surface area contributed by atoms with Crippen molar-refractivity contribution in [3.05, 3.63) is 48.3 Å². The van der Waals surface area contributed by atoms with Crippen LogP contribution in [0.3, 0.4) is 0 Å². The zero-order chi connectivity index (χ0) is 19.0. The van der Waals surface area contributed by atoms with Gasteiger partial charge in [0.15, 0.2) is 0 Å². The summed E-state index contributed by atoms with van der Waals surface area (Å²) in [6.45, 7) is 2.02. The van der Waals surface area contributed by atoms with Gasteiger partial charge in [0.25, 0.3) is 5.91 Å². The summed E-state index contributed by atoms with van der Waals surface area (Å²) in [5.41, 5.74) is 1.44. The lowest BCUT2D eigenvalue weighted by Crippen LogP contribution is -2.48. The lowest BCUT2D eigenvalue weighted by atomic mass is 9.94. The summed E-state index contributed by atoms with van der Waals surface area (Å²) in [4.78, 5) is 31.4. The van der Waals surface area contributed by atoms with Gasteiger partial charge in [-0.2, -0.15) is 5.10 Å². The molecule has 142 valence electrons. The zero-order valence-corrected chi connectivity index (χ0v) is 15.8. The molecule has 0 unspecified atom stereocenters. The highest BCUT2D eigenvalue weighted by atomic mass is 16.2. The lowest BCUT2D eigenvalue weighted by molar-refractivity contribution is 0.0585. The van der Waals surface area contributed by atoms with Gasteiger partial charge in [0.05, 0.1) is 11.3 Å². The van der Waals surface area contributed by atoms with Crippen LogP contribution in [0.15, 0.2) is 42.7 Å². The van der Waals surface area contributed by atoms with Crippen molar-refractivity contribution >= 4 is 11.9 Å². The lowest BCUT2D eigenvalue weighted by Gasteiger charge is -2.36. The van der Waals surface area contributed by atoms with E-state index in [1.807, 2.05) is 46.3 Å². The highest BCUT2D eigenvalue weighted by Gasteiger charge is 2.39. The van der Waals surface area contributed by atoms with Crippen molar-refractivity contribution in [2.24, 2.45) is 5.92 Å². The Bertz CT molecular complexity index is 833. The maximum atomic E-state index is 13.4. The molecule has 2 atom stereocenters. The first-order valence-electron chi connectivity index (χ1n) is 9.41. The van der Waals surface area contributed by atoms with Crippen LogP contribution in [0.2, 0.25) is 0 Å². The van der Waals surface area contributed by atoms with E-state index < -0.39 is 0 Å². The molecule has 0 radical (unpaired) electrons. The van der Waals surface area contributed by atoms with Crippen molar-refractivity contribution in [2.75, 3.05) is 33.7 Å². The summed E-state index contributed by atoms with van der Waals surface area (Å²) in [6, 6.07) is 9.51. The summed E-state index contributed by atoms with van der Waals surface area (Å²) in [5, 5.41) is 4.28. The first-order valence-corrected chi connectivity index (χ1v) is 9.41. The molecule has 27 heavy (non-hydrogen) atoms. The Morgan fingerprint density at radius 3 is 2.63 bits per heavy atom. The molecule has 4 heterocycles. The number of carbonyl (C=O) groups excluding carboxylic acids is 2. The second-order valence-corrected chi connectivity index (χ2v) is 7.60. The molecule has 0 spiro atoms. The largest absolute Gasteiger partial charge is 0.333 e. The van der Waals surface area contributed by atoms with Crippen LogP contribution in [0.1, 0.15) is 23.2 Å². The quantitative estimate of drug-likeness (QED) is 0.817. The standard InChI is InChI=1S/C20H25N5O2/c1-22(2)20(27)23-12-15-8-9-16(14-23)24(13-15)19(26)17-6-3-4-7-18(17)25-11-5-10-21-25/h3-7,10-11,15-16H,8-9,12-14H2,1-2H3/t15-,16+/m0/s1. The van der Waals surface area contributed by atoms with Gasteiger partial charge >= 0.3 is 6.03 Å². The van der Waals surface area contributed by atoms with Gasteiger partial charge in [0.1, 0.15) is 0 Å². The number of hydrogen-bond acceptors (Lipinski definition) is 3. The topological polar surface area (TPSA) is 61.7 Å². The molecule has 2 bridgehead atoms. The Labute approximate surface area is 159 Å². The molecule has 3 aliphatic rings. The Morgan fingerprint density at radius 1 is 1.07 bits per heavy atom. The van der Waals surface area contributed by atoms with Crippen molar-refractivity contribution in [1.29, 1.82) is 0 Å². The van der Waals surface area contributed by atoms with Crippen LogP contribution in [-0.4, -0.2) is 76.2 Å². The van der Waals surface area contributed by atoms with Gasteiger partial charge in [-0.05, 0) is 37.0 Å². The number of benzene rings is 1. The minimum absolute atomic E-state index is 0.0231. The van der Waals surface area contributed by atoms with Crippen LogP contribution in [0.25, 0.3) is 5.69 Å². The number of carbonyl (C=O) groups is 2. The fraction of sp³-hybridized carbons (Fsp3) is 0.450. The SMILES string of the molecule is CN(C)C(=O)N1C[C@@H]2CC[C@H](C1)N(C(=O)c1ccccc1-n1cccn1)C2. The average Bonchev–Trinajstić information content (AvgIpc) is 3.06. The normalized spacial score (nSPS) is 21.9. The monoisotopic (exact) mass is 367 g/mol. The summed E-state index contributed by atoms with van der Waals surface area (Å²) < 4.78 is 1.73. The summed E-state index contributed by atoms with van der Waals surface area (Å²) in [5.74, 6) is 0.350. The minimum atomic E-state index is 0.0231. The first-order chi connectivity index (χ1) is 13.0. The first kappa shape index (κ1) is 17.6. The number of nitrogens with zero attached hydrogens (tertiary/aromatic N) is 5. The Morgan fingerprint density at radius 2 is 1.89 bits per heavy atom. The molecule has 3 amide bonds. The van der Waals surface area contributed by atoms with E-state index in [1.165, 1.54) is 0 Å². The van der Waals surface area contributed by atoms with E-state index >= 15 is 0 Å². The maximum absolute atomic E-state index is 13.4.